The zero-order valence-electron chi connectivity index (χ0n) is 10.0. The highest BCUT2D eigenvalue weighted by atomic mass is 35.5. The van der Waals surface area contributed by atoms with E-state index in [1.807, 2.05) is 0 Å². The van der Waals surface area contributed by atoms with Crippen LogP contribution < -0.4 is 4.74 Å². The lowest BCUT2D eigenvalue weighted by Gasteiger charge is -2.14. The Morgan fingerprint density at radius 1 is 1.15 bits per heavy atom. The van der Waals surface area contributed by atoms with E-state index in [0.29, 0.717) is 5.02 Å². The first-order valence-electron chi connectivity index (χ1n) is 5.32. The van der Waals surface area contributed by atoms with Crippen molar-refractivity contribution in [2.24, 2.45) is 0 Å². The van der Waals surface area contributed by atoms with Crippen molar-refractivity contribution >= 4 is 23.2 Å². The minimum atomic E-state index is -4.70. The molecule has 0 radical (unpaired) electrons. The van der Waals surface area contributed by atoms with Gasteiger partial charge in [-0.05, 0) is 25.1 Å². The van der Waals surface area contributed by atoms with Crippen LogP contribution in [0.5, 0.6) is 11.5 Å². The van der Waals surface area contributed by atoms with Gasteiger partial charge in [-0.1, -0.05) is 29.3 Å². The topological polar surface area (TPSA) is 35.0 Å². The fourth-order valence-electron chi connectivity index (χ4n) is 1.46. The van der Waals surface area contributed by atoms with Gasteiger partial charge in [0.15, 0.2) is 16.6 Å². The highest BCUT2D eigenvalue weighted by Gasteiger charge is 2.38. The summed E-state index contributed by atoms with van der Waals surface area (Å²) >= 11 is 11.5. The lowest BCUT2D eigenvalue weighted by Crippen LogP contribution is -2.12. The second kappa shape index (κ2) is 5.46. The van der Waals surface area contributed by atoms with Gasteiger partial charge in [0.25, 0.3) is 0 Å². The van der Waals surface area contributed by atoms with Gasteiger partial charge in [0.05, 0.1) is 0 Å². The summed E-state index contributed by atoms with van der Waals surface area (Å²) in [6.45, 7) is 1.31. The molecule has 0 aliphatic carbocycles. The number of rotatable bonds is 2. The van der Waals surface area contributed by atoms with Crippen molar-refractivity contribution in [2.45, 2.75) is 13.1 Å². The summed E-state index contributed by atoms with van der Waals surface area (Å²) in [7, 11) is 0. The Labute approximate surface area is 122 Å². The van der Waals surface area contributed by atoms with Crippen molar-refractivity contribution in [1.82, 2.24) is 9.97 Å². The first-order valence-corrected chi connectivity index (χ1v) is 6.07. The van der Waals surface area contributed by atoms with Crippen LogP contribution in [0.1, 0.15) is 11.5 Å². The third-order valence-corrected chi connectivity index (χ3v) is 2.71. The molecule has 0 N–H and O–H groups in total. The molecule has 0 bridgehead atoms. The summed E-state index contributed by atoms with van der Waals surface area (Å²) in [5.74, 6) is -0.634. The van der Waals surface area contributed by atoms with Crippen LogP contribution >= 0.6 is 23.2 Å². The summed E-state index contributed by atoms with van der Waals surface area (Å²) in [4.78, 5) is 7.01. The molecule has 0 amide bonds. The van der Waals surface area contributed by atoms with Crippen molar-refractivity contribution < 1.29 is 17.9 Å². The Morgan fingerprint density at radius 2 is 1.85 bits per heavy atom. The number of aryl methyl sites for hydroxylation is 1. The van der Waals surface area contributed by atoms with Gasteiger partial charge in [-0.25, -0.2) is 9.97 Å². The molecule has 8 heteroatoms. The highest BCUT2D eigenvalue weighted by molar-refractivity contribution is 6.31. The first kappa shape index (κ1) is 14.9. The fraction of sp³-hybridized carbons (Fsp3) is 0.167. The summed E-state index contributed by atoms with van der Waals surface area (Å²) in [5.41, 5.74) is -1.23. The SMILES string of the molecule is Cc1nc(Cl)c(Oc2cccc(Cl)c2)c(C(F)(F)F)n1. The molecule has 0 spiro atoms. The average Bonchev–Trinajstić information content (AvgIpc) is 2.31. The van der Waals surface area contributed by atoms with Gasteiger partial charge in [-0.15, -0.1) is 0 Å². The maximum Gasteiger partial charge on any atom is 0.437 e. The normalized spacial score (nSPS) is 11.5. The molecule has 2 aromatic rings. The second-order valence-electron chi connectivity index (χ2n) is 3.80. The number of hydrogen-bond donors (Lipinski definition) is 0. The number of nitrogens with zero attached hydrogens (tertiary/aromatic N) is 2. The maximum absolute atomic E-state index is 12.9. The molecule has 1 aromatic heterocycles. The van der Waals surface area contributed by atoms with Gasteiger partial charge < -0.3 is 4.74 Å². The Bertz CT molecular complexity index is 647. The minimum Gasteiger partial charge on any atom is -0.452 e. The Kier molecular flexibility index (Phi) is 4.06. The molecule has 1 heterocycles. The molecule has 0 unspecified atom stereocenters. The first-order chi connectivity index (χ1) is 9.27. The minimum absolute atomic E-state index is 0.0965. The van der Waals surface area contributed by atoms with Gasteiger partial charge >= 0.3 is 6.18 Å². The third-order valence-electron chi connectivity index (χ3n) is 2.22. The molecule has 0 saturated carbocycles. The molecule has 0 fully saturated rings. The Hall–Kier alpha value is -1.53. The monoisotopic (exact) mass is 322 g/mol. The number of hydrogen-bond acceptors (Lipinski definition) is 3. The van der Waals surface area contributed by atoms with Crippen molar-refractivity contribution in [2.75, 3.05) is 0 Å². The van der Waals surface area contributed by atoms with Crippen LogP contribution in [0.2, 0.25) is 10.2 Å². The zero-order valence-corrected chi connectivity index (χ0v) is 11.5. The predicted molar refractivity (Wildman–Crippen MR) is 68.3 cm³/mol. The van der Waals surface area contributed by atoms with E-state index in [0.717, 1.165) is 0 Å². The predicted octanol–water partition coefficient (Wildman–Crippen LogP) is 4.90. The zero-order chi connectivity index (χ0) is 14.9. The summed E-state index contributed by atoms with van der Waals surface area (Å²) < 4.78 is 43.9. The van der Waals surface area contributed by atoms with E-state index >= 15 is 0 Å². The van der Waals surface area contributed by atoms with E-state index in [-0.39, 0.29) is 11.6 Å². The van der Waals surface area contributed by atoms with Crippen LogP contribution in [0.3, 0.4) is 0 Å². The number of benzene rings is 1. The molecule has 0 saturated heterocycles. The van der Waals surface area contributed by atoms with E-state index in [2.05, 4.69) is 9.97 Å². The third kappa shape index (κ3) is 3.32. The van der Waals surface area contributed by atoms with Crippen molar-refractivity contribution in [3.8, 4) is 11.5 Å². The molecule has 106 valence electrons. The standard InChI is InChI=1S/C12H7Cl2F3N2O/c1-6-18-10(12(15,16)17)9(11(14)19-6)20-8-4-2-3-7(13)5-8/h2-5H,1H3. The molecular weight excluding hydrogens is 316 g/mol. The van der Waals surface area contributed by atoms with Crippen LogP contribution in [0, 0.1) is 6.92 Å². The molecule has 20 heavy (non-hydrogen) atoms. The van der Waals surface area contributed by atoms with Crippen LogP contribution in [0.25, 0.3) is 0 Å². The van der Waals surface area contributed by atoms with Crippen molar-refractivity contribution in [3.63, 3.8) is 0 Å². The lowest BCUT2D eigenvalue weighted by molar-refractivity contribution is -0.142. The molecule has 0 aliphatic heterocycles. The lowest BCUT2D eigenvalue weighted by atomic mass is 10.3. The van der Waals surface area contributed by atoms with Crippen LogP contribution in [0.15, 0.2) is 24.3 Å². The molecule has 3 nitrogen and oxygen atoms in total. The summed E-state index contributed by atoms with van der Waals surface area (Å²) in [6, 6.07) is 5.90. The highest BCUT2D eigenvalue weighted by Crippen LogP contribution is 2.40. The second-order valence-corrected chi connectivity index (χ2v) is 4.59. The largest absolute Gasteiger partial charge is 0.452 e. The number of aromatic nitrogens is 2. The Morgan fingerprint density at radius 3 is 2.45 bits per heavy atom. The Balaban J connectivity index is 2.50. The van der Waals surface area contributed by atoms with E-state index in [1.54, 1.807) is 6.07 Å². The van der Waals surface area contributed by atoms with E-state index < -0.39 is 22.8 Å². The van der Waals surface area contributed by atoms with Gasteiger partial charge in [0.2, 0.25) is 0 Å². The van der Waals surface area contributed by atoms with E-state index in [9.17, 15) is 13.2 Å². The maximum atomic E-state index is 12.9. The van der Waals surface area contributed by atoms with Crippen LogP contribution in [-0.4, -0.2) is 9.97 Å². The van der Waals surface area contributed by atoms with Gasteiger partial charge in [0, 0.05) is 5.02 Å². The van der Waals surface area contributed by atoms with Crippen LogP contribution in [0.4, 0.5) is 13.2 Å². The quantitative estimate of drug-likeness (QED) is 0.737. The van der Waals surface area contributed by atoms with E-state index in [1.165, 1.54) is 25.1 Å². The summed E-state index contributed by atoms with van der Waals surface area (Å²) in [5, 5.41) is -0.0926. The fourth-order valence-corrected chi connectivity index (χ4v) is 1.89. The smallest absolute Gasteiger partial charge is 0.437 e. The van der Waals surface area contributed by atoms with Gasteiger partial charge in [0.1, 0.15) is 11.6 Å². The molecule has 0 atom stereocenters. The molecule has 1 aromatic carbocycles. The molecule has 0 aliphatic rings. The summed E-state index contributed by atoms with van der Waals surface area (Å²) in [6.07, 6.45) is -4.70. The van der Waals surface area contributed by atoms with Crippen molar-refractivity contribution in [1.29, 1.82) is 0 Å². The van der Waals surface area contributed by atoms with E-state index in [4.69, 9.17) is 27.9 Å². The average molecular weight is 323 g/mol. The molecule has 2 rings (SSSR count). The van der Waals surface area contributed by atoms with Gasteiger partial charge in [-0.2, -0.15) is 13.2 Å². The van der Waals surface area contributed by atoms with Crippen LogP contribution in [-0.2, 0) is 6.18 Å². The number of alkyl halides is 3. The molecular formula is C12H7Cl2F3N2O. The van der Waals surface area contributed by atoms with Crippen molar-refractivity contribution in [3.05, 3.63) is 46.0 Å². The van der Waals surface area contributed by atoms with Gasteiger partial charge in [-0.3, -0.25) is 0 Å². The number of ether oxygens (including phenoxy) is 1. The number of halogens is 5.